The predicted octanol–water partition coefficient (Wildman–Crippen LogP) is 4.75. The molecule has 5 rings (SSSR count). The number of fused-ring (bicyclic) bond motifs is 1. The van der Waals surface area contributed by atoms with Crippen molar-refractivity contribution in [3.05, 3.63) is 83.9 Å². The number of hydrogen-bond donors (Lipinski definition) is 1. The maximum absolute atomic E-state index is 13.3. The van der Waals surface area contributed by atoms with Crippen LogP contribution in [0, 0.1) is 5.92 Å². The van der Waals surface area contributed by atoms with Crippen molar-refractivity contribution in [2.75, 3.05) is 13.1 Å². The quantitative estimate of drug-likeness (QED) is 0.751. The third kappa shape index (κ3) is 3.89. The van der Waals surface area contributed by atoms with Crippen LogP contribution in [-0.2, 0) is 6.54 Å². The SMILES string of the molecule is O=C1NC2CC=CCC2C(c2ccccc2)N1C1CCN(Cc2ccccc2)CC1. The second-order valence-corrected chi connectivity index (χ2v) is 8.92. The van der Waals surface area contributed by atoms with Crippen LogP contribution in [0.2, 0.25) is 0 Å². The molecule has 3 atom stereocenters. The monoisotopic (exact) mass is 401 g/mol. The number of amides is 2. The maximum Gasteiger partial charge on any atom is 0.318 e. The minimum atomic E-state index is 0.127. The van der Waals surface area contributed by atoms with E-state index in [-0.39, 0.29) is 18.1 Å². The van der Waals surface area contributed by atoms with Gasteiger partial charge in [0.25, 0.3) is 0 Å². The Bertz CT molecular complexity index is 874. The smallest absolute Gasteiger partial charge is 0.318 e. The molecule has 2 aromatic carbocycles. The Hall–Kier alpha value is -2.59. The summed E-state index contributed by atoms with van der Waals surface area (Å²) in [5.41, 5.74) is 2.65. The third-order valence-electron chi connectivity index (χ3n) is 7.07. The van der Waals surface area contributed by atoms with Crippen LogP contribution in [0.3, 0.4) is 0 Å². The van der Waals surface area contributed by atoms with Gasteiger partial charge >= 0.3 is 6.03 Å². The number of hydrogen-bond acceptors (Lipinski definition) is 2. The van der Waals surface area contributed by atoms with E-state index in [4.69, 9.17) is 0 Å². The molecule has 0 bridgehead atoms. The van der Waals surface area contributed by atoms with Gasteiger partial charge in [0.15, 0.2) is 0 Å². The van der Waals surface area contributed by atoms with Crippen molar-refractivity contribution >= 4 is 6.03 Å². The predicted molar refractivity (Wildman–Crippen MR) is 120 cm³/mol. The van der Waals surface area contributed by atoms with Crippen LogP contribution in [0.15, 0.2) is 72.8 Å². The molecule has 0 spiro atoms. The molecule has 2 fully saturated rings. The summed E-state index contributed by atoms with van der Waals surface area (Å²) in [6.07, 6.45) is 8.58. The summed E-state index contributed by atoms with van der Waals surface area (Å²) in [6, 6.07) is 22.2. The zero-order valence-corrected chi connectivity index (χ0v) is 17.5. The van der Waals surface area contributed by atoms with Gasteiger partial charge in [0, 0.05) is 37.6 Å². The first-order valence-electron chi connectivity index (χ1n) is 11.3. The summed E-state index contributed by atoms with van der Waals surface area (Å²) in [5, 5.41) is 3.34. The zero-order chi connectivity index (χ0) is 20.3. The molecule has 3 unspecified atom stereocenters. The van der Waals surface area contributed by atoms with Crippen molar-refractivity contribution in [2.45, 2.75) is 50.4 Å². The van der Waals surface area contributed by atoms with Crippen LogP contribution in [0.25, 0.3) is 0 Å². The van der Waals surface area contributed by atoms with E-state index in [1.54, 1.807) is 0 Å². The molecule has 2 amide bonds. The van der Waals surface area contributed by atoms with Crippen molar-refractivity contribution in [2.24, 2.45) is 5.92 Å². The van der Waals surface area contributed by atoms with E-state index in [0.29, 0.717) is 12.0 Å². The Kier molecular flexibility index (Phi) is 5.58. The molecule has 1 N–H and O–H groups in total. The van der Waals surface area contributed by atoms with E-state index in [0.717, 1.165) is 45.3 Å². The third-order valence-corrected chi connectivity index (χ3v) is 7.07. The van der Waals surface area contributed by atoms with Crippen molar-refractivity contribution in [3.63, 3.8) is 0 Å². The van der Waals surface area contributed by atoms with E-state index in [1.807, 2.05) is 0 Å². The lowest BCUT2D eigenvalue weighted by atomic mass is 9.77. The fraction of sp³-hybridized carbons (Fsp3) is 0.423. The molecular weight excluding hydrogens is 370 g/mol. The first kappa shape index (κ1) is 19.4. The van der Waals surface area contributed by atoms with Crippen molar-refractivity contribution in [1.82, 2.24) is 15.1 Å². The molecule has 156 valence electrons. The normalized spacial score (nSPS) is 27.5. The van der Waals surface area contributed by atoms with Gasteiger partial charge < -0.3 is 10.2 Å². The summed E-state index contributed by atoms with van der Waals surface area (Å²) in [6.45, 7) is 3.08. The number of urea groups is 1. The molecule has 2 aliphatic heterocycles. The first-order valence-corrected chi connectivity index (χ1v) is 11.3. The minimum absolute atomic E-state index is 0.127. The van der Waals surface area contributed by atoms with Crippen molar-refractivity contribution in [3.8, 4) is 0 Å². The average Bonchev–Trinajstić information content (AvgIpc) is 2.80. The van der Waals surface area contributed by atoms with Crippen LogP contribution in [0.4, 0.5) is 4.79 Å². The van der Waals surface area contributed by atoms with Gasteiger partial charge in [-0.25, -0.2) is 4.79 Å². The van der Waals surface area contributed by atoms with Crippen molar-refractivity contribution in [1.29, 1.82) is 0 Å². The molecular formula is C26H31N3O. The lowest BCUT2D eigenvalue weighted by Gasteiger charge is -2.51. The first-order chi connectivity index (χ1) is 14.8. The van der Waals surface area contributed by atoms with E-state index in [1.165, 1.54) is 11.1 Å². The molecule has 30 heavy (non-hydrogen) atoms. The topological polar surface area (TPSA) is 35.6 Å². The number of benzene rings is 2. The standard InChI is InChI=1S/C26H31N3O/c30-26-27-24-14-8-7-13-23(24)25(21-11-5-2-6-12-21)29(26)22-15-17-28(18-16-22)19-20-9-3-1-4-10-20/h1-12,22-25H,13-19H2,(H,27,30). The highest BCUT2D eigenvalue weighted by Crippen LogP contribution is 2.42. The molecule has 0 saturated carbocycles. The fourth-order valence-corrected chi connectivity index (χ4v) is 5.56. The molecule has 3 aliphatic rings. The van der Waals surface area contributed by atoms with Gasteiger partial charge in [0.2, 0.25) is 0 Å². The lowest BCUT2D eigenvalue weighted by Crippen LogP contribution is -2.62. The molecule has 4 nitrogen and oxygen atoms in total. The Morgan fingerprint density at radius 3 is 2.27 bits per heavy atom. The van der Waals surface area contributed by atoms with Gasteiger partial charge in [-0.1, -0.05) is 72.8 Å². The van der Waals surface area contributed by atoms with Gasteiger partial charge in [-0.2, -0.15) is 0 Å². The van der Waals surface area contributed by atoms with E-state index in [9.17, 15) is 4.79 Å². The van der Waals surface area contributed by atoms with Crippen LogP contribution < -0.4 is 5.32 Å². The van der Waals surface area contributed by atoms with Gasteiger partial charge in [-0.15, -0.1) is 0 Å². The Morgan fingerprint density at radius 2 is 1.53 bits per heavy atom. The largest absolute Gasteiger partial charge is 0.335 e. The van der Waals surface area contributed by atoms with Gasteiger partial charge in [0.1, 0.15) is 0 Å². The van der Waals surface area contributed by atoms with Crippen molar-refractivity contribution < 1.29 is 4.79 Å². The number of carbonyl (C=O) groups excluding carboxylic acids is 1. The number of nitrogens with one attached hydrogen (secondary N) is 1. The summed E-state index contributed by atoms with van der Waals surface area (Å²) in [5.74, 6) is 0.442. The lowest BCUT2D eigenvalue weighted by molar-refractivity contribution is 0.0383. The molecule has 0 aromatic heterocycles. The molecule has 1 aliphatic carbocycles. The van der Waals surface area contributed by atoms with E-state index < -0.39 is 0 Å². The van der Waals surface area contributed by atoms with E-state index in [2.05, 4.69) is 87.9 Å². The highest BCUT2D eigenvalue weighted by Gasteiger charge is 2.45. The van der Waals surface area contributed by atoms with Crippen LogP contribution >= 0.6 is 0 Å². The van der Waals surface area contributed by atoms with Gasteiger partial charge in [0.05, 0.1) is 6.04 Å². The Morgan fingerprint density at radius 1 is 0.867 bits per heavy atom. The number of carbonyl (C=O) groups is 1. The zero-order valence-electron chi connectivity index (χ0n) is 17.5. The number of rotatable bonds is 4. The van der Waals surface area contributed by atoms with Crippen LogP contribution in [0.1, 0.15) is 42.9 Å². The summed E-state index contributed by atoms with van der Waals surface area (Å²) >= 11 is 0. The number of piperidine rings is 1. The Labute approximate surface area is 179 Å². The van der Waals surface area contributed by atoms with Gasteiger partial charge in [-0.3, -0.25) is 4.90 Å². The number of likely N-dealkylation sites (tertiary alicyclic amines) is 1. The van der Waals surface area contributed by atoms with Crippen LogP contribution in [-0.4, -0.2) is 41.0 Å². The highest BCUT2D eigenvalue weighted by molar-refractivity contribution is 5.77. The second-order valence-electron chi connectivity index (χ2n) is 8.92. The number of allylic oxidation sites excluding steroid dienone is 1. The average molecular weight is 402 g/mol. The molecule has 2 saturated heterocycles. The minimum Gasteiger partial charge on any atom is -0.335 e. The molecule has 0 radical (unpaired) electrons. The highest BCUT2D eigenvalue weighted by atomic mass is 16.2. The van der Waals surface area contributed by atoms with Crippen LogP contribution in [0.5, 0.6) is 0 Å². The molecule has 2 heterocycles. The van der Waals surface area contributed by atoms with E-state index >= 15 is 0 Å². The molecule has 4 heteroatoms. The maximum atomic E-state index is 13.3. The van der Waals surface area contributed by atoms with Gasteiger partial charge in [-0.05, 0) is 36.8 Å². The summed E-state index contributed by atoms with van der Waals surface area (Å²) in [4.78, 5) is 18.0. The number of nitrogens with zero attached hydrogens (tertiary/aromatic N) is 2. The summed E-state index contributed by atoms with van der Waals surface area (Å²) in [7, 11) is 0. The summed E-state index contributed by atoms with van der Waals surface area (Å²) < 4.78 is 0. The Balaban J connectivity index is 1.34. The fourth-order valence-electron chi connectivity index (χ4n) is 5.56. The second kappa shape index (κ2) is 8.65. The molecule has 2 aromatic rings.